The molecule has 1 atom stereocenters. The van der Waals surface area contributed by atoms with Crippen molar-refractivity contribution in [3.63, 3.8) is 0 Å². The van der Waals surface area contributed by atoms with Crippen LogP contribution in [-0.2, 0) is 10.2 Å². The summed E-state index contributed by atoms with van der Waals surface area (Å²) in [5.41, 5.74) is 0.864. The normalized spacial score (nSPS) is 15.8. The molecule has 13 heteroatoms. The van der Waals surface area contributed by atoms with E-state index in [0.29, 0.717) is 24.0 Å². The Hall–Kier alpha value is -4.26. The van der Waals surface area contributed by atoms with Crippen molar-refractivity contribution in [3.05, 3.63) is 57.0 Å². The molecule has 0 radical (unpaired) electrons. The quantitative estimate of drug-likeness (QED) is 0.385. The summed E-state index contributed by atoms with van der Waals surface area (Å²) in [5.74, 6) is -1.31. The molecule has 1 unspecified atom stereocenters. The van der Waals surface area contributed by atoms with Gasteiger partial charge in [-0.25, -0.2) is 19.6 Å². The minimum absolute atomic E-state index is 0.106. The fourth-order valence-electron chi connectivity index (χ4n) is 4.26. The van der Waals surface area contributed by atoms with Crippen molar-refractivity contribution in [3.8, 4) is 0 Å². The second-order valence-electron chi connectivity index (χ2n) is 10.8. The van der Waals surface area contributed by atoms with Crippen LogP contribution in [0.1, 0.15) is 55.2 Å². The number of pyridine rings is 1. The van der Waals surface area contributed by atoms with Gasteiger partial charge in [0, 0.05) is 61.9 Å². The topological polar surface area (TPSA) is 149 Å². The van der Waals surface area contributed by atoms with Crippen molar-refractivity contribution >= 4 is 51.9 Å². The van der Waals surface area contributed by atoms with Crippen LogP contribution in [0.5, 0.6) is 0 Å². The number of urea groups is 1. The van der Waals surface area contributed by atoms with E-state index in [1.54, 1.807) is 14.1 Å². The van der Waals surface area contributed by atoms with Gasteiger partial charge in [-0.3, -0.25) is 19.3 Å². The van der Waals surface area contributed by atoms with Crippen molar-refractivity contribution in [2.45, 2.75) is 45.1 Å². The average molecular weight is 568 g/mol. The largest absolute Gasteiger partial charge is 0.478 e. The zero-order valence-corrected chi connectivity index (χ0v) is 23.9. The first-order chi connectivity index (χ1) is 18.8. The standard InChI is InChI=1S/C27H33N7O5S/c1-27(2,3)19-15-40-25(29-19)31-23(37)16-10-12-34-20(13-16)30-22(18(24(34)38)8-9-21(35)36)33-11-6-7-17(14-33)28-26(39)32(4)5/h8-10,12-13,15,17H,6-7,11,14H2,1-5H3,(H,28,39)(H,35,36)(H,29,31,37)/b9-8+. The van der Waals surface area contributed by atoms with Gasteiger partial charge in [0.1, 0.15) is 11.5 Å². The number of hydrogen-bond donors (Lipinski definition) is 3. The van der Waals surface area contributed by atoms with Gasteiger partial charge < -0.3 is 20.2 Å². The zero-order valence-electron chi connectivity index (χ0n) is 23.1. The Labute approximate surface area is 235 Å². The van der Waals surface area contributed by atoms with E-state index >= 15 is 0 Å². The van der Waals surface area contributed by atoms with E-state index in [1.165, 1.54) is 45.0 Å². The summed E-state index contributed by atoms with van der Waals surface area (Å²) in [7, 11) is 3.31. The van der Waals surface area contributed by atoms with E-state index in [4.69, 9.17) is 4.98 Å². The second-order valence-corrected chi connectivity index (χ2v) is 11.7. The van der Waals surface area contributed by atoms with E-state index < -0.39 is 17.4 Å². The van der Waals surface area contributed by atoms with Crippen molar-refractivity contribution < 1.29 is 19.5 Å². The molecular formula is C27H33N7O5S. The van der Waals surface area contributed by atoms with Gasteiger partial charge in [0.2, 0.25) is 0 Å². The van der Waals surface area contributed by atoms with Crippen LogP contribution in [0.3, 0.4) is 0 Å². The molecule has 40 heavy (non-hydrogen) atoms. The number of nitrogens with one attached hydrogen (secondary N) is 2. The van der Waals surface area contributed by atoms with Crippen LogP contribution in [0.15, 0.2) is 34.6 Å². The molecule has 0 aromatic carbocycles. The molecule has 1 aliphatic rings. The minimum Gasteiger partial charge on any atom is -0.478 e. The first-order valence-corrected chi connectivity index (χ1v) is 13.7. The van der Waals surface area contributed by atoms with Gasteiger partial charge in [0.15, 0.2) is 5.13 Å². The lowest BCUT2D eigenvalue weighted by Crippen LogP contribution is -2.50. The van der Waals surface area contributed by atoms with Gasteiger partial charge in [0.05, 0.1) is 11.3 Å². The molecule has 3 aromatic heterocycles. The second kappa shape index (κ2) is 11.5. The third-order valence-corrected chi connectivity index (χ3v) is 7.21. The Kier molecular flexibility index (Phi) is 8.24. The third kappa shape index (κ3) is 6.47. The molecule has 0 aliphatic carbocycles. The SMILES string of the molecule is CN(C)C(=O)NC1CCCN(c2nc3cc(C(=O)Nc4nc(C(C)(C)C)cs4)ccn3c(=O)c2/C=C/C(=O)O)C1. The van der Waals surface area contributed by atoms with Gasteiger partial charge in [0.25, 0.3) is 11.5 Å². The lowest BCUT2D eigenvalue weighted by atomic mass is 9.93. The Balaban J connectivity index is 1.70. The molecule has 12 nitrogen and oxygen atoms in total. The highest BCUT2D eigenvalue weighted by Crippen LogP contribution is 2.27. The molecule has 212 valence electrons. The third-order valence-electron chi connectivity index (χ3n) is 6.45. The summed E-state index contributed by atoms with van der Waals surface area (Å²) in [6.45, 7) is 7.07. The summed E-state index contributed by atoms with van der Waals surface area (Å²) in [6.07, 6.45) is 5.05. The monoisotopic (exact) mass is 567 g/mol. The number of carbonyl (C=O) groups is 3. The fraction of sp³-hybridized carbons (Fsp3) is 0.407. The van der Waals surface area contributed by atoms with Crippen molar-refractivity contribution in [1.82, 2.24) is 24.6 Å². The van der Waals surface area contributed by atoms with E-state index in [0.717, 1.165) is 24.6 Å². The van der Waals surface area contributed by atoms with Gasteiger partial charge in [-0.2, -0.15) is 0 Å². The molecule has 4 heterocycles. The van der Waals surface area contributed by atoms with Crippen molar-refractivity contribution in [2.75, 3.05) is 37.4 Å². The maximum absolute atomic E-state index is 13.5. The van der Waals surface area contributed by atoms with Crippen molar-refractivity contribution in [2.24, 2.45) is 0 Å². The highest BCUT2D eigenvalue weighted by molar-refractivity contribution is 7.14. The van der Waals surface area contributed by atoms with E-state index in [-0.39, 0.29) is 34.3 Å². The van der Waals surface area contributed by atoms with Crippen LogP contribution in [0.25, 0.3) is 11.7 Å². The number of aromatic nitrogens is 3. The zero-order chi connectivity index (χ0) is 29.2. The molecule has 1 fully saturated rings. The van der Waals surface area contributed by atoms with Crippen LogP contribution >= 0.6 is 11.3 Å². The van der Waals surface area contributed by atoms with Gasteiger partial charge in [-0.15, -0.1) is 11.3 Å². The molecule has 3 amide bonds. The number of carbonyl (C=O) groups excluding carboxylic acids is 2. The molecule has 4 rings (SSSR count). The van der Waals surface area contributed by atoms with Crippen LogP contribution < -0.4 is 21.1 Å². The van der Waals surface area contributed by atoms with E-state index in [2.05, 4.69) is 15.6 Å². The maximum atomic E-state index is 13.5. The molecule has 3 N–H and O–H groups in total. The lowest BCUT2D eigenvalue weighted by molar-refractivity contribution is -0.131. The van der Waals surface area contributed by atoms with Gasteiger partial charge in [-0.05, 0) is 31.1 Å². The number of aliphatic carboxylic acids is 1. The molecule has 3 aromatic rings. The summed E-state index contributed by atoms with van der Waals surface area (Å²) >= 11 is 1.33. The molecule has 0 bridgehead atoms. The summed E-state index contributed by atoms with van der Waals surface area (Å²) in [6, 6.07) is 2.60. The number of amides is 3. The average Bonchev–Trinajstić information content (AvgIpc) is 3.37. The lowest BCUT2D eigenvalue weighted by Gasteiger charge is -2.35. The molecular weight excluding hydrogens is 534 g/mol. The Morgan fingerprint density at radius 3 is 2.62 bits per heavy atom. The Bertz CT molecular complexity index is 1540. The number of nitrogens with zero attached hydrogens (tertiary/aromatic N) is 5. The van der Waals surface area contributed by atoms with Crippen LogP contribution in [0.2, 0.25) is 0 Å². The van der Waals surface area contributed by atoms with Crippen LogP contribution in [-0.4, -0.2) is 75.5 Å². The number of fused-ring (bicyclic) bond motifs is 1. The Morgan fingerprint density at radius 1 is 1.23 bits per heavy atom. The molecule has 0 saturated carbocycles. The van der Waals surface area contributed by atoms with Crippen molar-refractivity contribution in [1.29, 1.82) is 0 Å². The van der Waals surface area contributed by atoms with E-state index in [9.17, 15) is 24.3 Å². The number of anilines is 2. The van der Waals surface area contributed by atoms with Crippen LogP contribution in [0, 0.1) is 0 Å². The first-order valence-electron chi connectivity index (χ1n) is 12.8. The highest BCUT2D eigenvalue weighted by Gasteiger charge is 2.26. The fourth-order valence-corrected chi connectivity index (χ4v) is 5.19. The summed E-state index contributed by atoms with van der Waals surface area (Å²) < 4.78 is 1.28. The smallest absolute Gasteiger partial charge is 0.328 e. The van der Waals surface area contributed by atoms with Gasteiger partial charge >= 0.3 is 12.0 Å². The van der Waals surface area contributed by atoms with E-state index in [1.807, 2.05) is 31.1 Å². The number of carboxylic acid groups (broad SMARTS) is 1. The molecule has 1 aliphatic heterocycles. The summed E-state index contributed by atoms with van der Waals surface area (Å²) in [5, 5.41) is 17.3. The predicted octanol–water partition coefficient (Wildman–Crippen LogP) is 3.04. The first kappa shape index (κ1) is 28.7. The highest BCUT2D eigenvalue weighted by atomic mass is 32.1. The minimum atomic E-state index is -1.20. The predicted molar refractivity (Wildman–Crippen MR) is 154 cm³/mol. The number of carboxylic acids is 1. The molecule has 1 saturated heterocycles. The van der Waals surface area contributed by atoms with Gasteiger partial charge in [-0.1, -0.05) is 20.8 Å². The number of thiazole rings is 1. The maximum Gasteiger partial charge on any atom is 0.328 e. The Morgan fingerprint density at radius 2 is 1.98 bits per heavy atom. The molecule has 0 spiro atoms. The number of piperidine rings is 1. The number of hydrogen-bond acceptors (Lipinski definition) is 8. The summed E-state index contributed by atoms with van der Waals surface area (Å²) in [4.78, 5) is 62.5. The van der Waals surface area contributed by atoms with Crippen LogP contribution in [0.4, 0.5) is 15.7 Å². The number of rotatable bonds is 6.